The van der Waals surface area contributed by atoms with Crippen molar-refractivity contribution in [2.24, 2.45) is 11.7 Å². The monoisotopic (exact) mass is 281 g/mol. The average molecular weight is 281 g/mol. The molecule has 1 amide bonds. The van der Waals surface area contributed by atoms with Crippen molar-refractivity contribution < 1.29 is 4.79 Å². The lowest BCUT2D eigenvalue weighted by atomic mass is 10.3. The van der Waals surface area contributed by atoms with Crippen molar-refractivity contribution in [3.05, 3.63) is 4.88 Å². The van der Waals surface area contributed by atoms with Crippen molar-refractivity contribution >= 4 is 28.2 Å². The van der Waals surface area contributed by atoms with Gasteiger partial charge in [-0.25, -0.2) is 4.98 Å². The molecule has 0 spiro atoms. The number of nitrogens with one attached hydrogen (secondary N) is 1. The molecule has 2 fully saturated rings. The Morgan fingerprint density at radius 3 is 2.89 bits per heavy atom. The highest BCUT2D eigenvalue weighted by Gasteiger charge is 2.26. The predicted molar refractivity (Wildman–Crippen MR) is 76.4 cm³/mol. The van der Waals surface area contributed by atoms with E-state index in [0.717, 1.165) is 31.2 Å². The summed E-state index contributed by atoms with van der Waals surface area (Å²) in [6.45, 7) is 2.42. The minimum atomic E-state index is -0.100. The Kier molecular flexibility index (Phi) is 3.32. The van der Waals surface area contributed by atoms with Crippen LogP contribution in [0.3, 0.4) is 0 Å². The van der Waals surface area contributed by atoms with Gasteiger partial charge in [-0.05, 0) is 25.2 Å². The standard InChI is InChI=1S/C12H19N5OS/c13-8-3-4-17(6-8)12-16-10(14)9(19-12)11(18)15-5-7-1-2-7/h7-8H,1-6,13-14H2,(H,15,18). The Hall–Kier alpha value is -1.34. The van der Waals surface area contributed by atoms with Gasteiger partial charge < -0.3 is 21.7 Å². The first-order valence-corrected chi connectivity index (χ1v) is 7.50. The van der Waals surface area contributed by atoms with Crippen LogP contribution in [0, 0.1) is 5.92 Å². The van der Waals surface area contributed by atoms with Gasteiger partial charge in [-0.15, -0.1) is 0 Å². The number of rotatable bonds is 4. The van der Waals surface area contributed by atoms with Gasteiger partial charge >= 0.3 is 0 Å². The first kappa shape index (κ1) is 12.7. The van der Waals surface area contributed by atoms with Crippen molar-refractivity contribution in [2.45, 2.75) is 25.3 Å². The fourth-order valence-electron chi connectivity index (χ4n) is 2.22. The molecule has 1 atom stereocenters. The summed E-state index contributed by atoms with van der Waals surface area (Å²) in [6, 6.07) is 0.192. The maximum absolute atomic E-state index is 12.0. The van der Waals surface area contributed by atoms with Gasteiger partial charge in [0, 0.05) is 25.7 Å². The highest BCUT2D eigenvalue weighted by molar-refractivity contribution is 7.18. The lowest BCUT2D eigenvalue weighted by Gasteiger charge is -2.12. The van der Waals surface area contributed by atoms with E-state index in [4.69, 9.17) is 11.5 Å². The molecule has 7 heteroatoms. The number of hydrogen-bond donors (Lipinski definition) is 3. The summed E-state index contributed by atoms with van der Waals surface area (Å²) in [5, 5.41) is 3.73. The van der Waals surface area contributed by atoms with Crippen LogP contribution in [-0.4, -0.2) is 36.6 Å². The molecule has 1 unspecified atom stereocenters. The summed E-state index contributed by atoms with van der Waals surface area (Å²) >= 11 is 1.36. The first-order valence-electron chi connectivity index (χ1n) is 6.68. The number of nitrogens with two attached hydrogens (primary N) is 2. The molecule has 19 heavy (non-hydrogen) atoms. The van der Waals surface area contributed by atoms with Gasteiger partial charge in [-0.2, -0.15) is 0 Å². The molecular formula is C12H19N5OS. The number of hydrogen-bond acceptors (Lipinski definition) is 6. The van der Waals surface area contributed by atoms with Crippen molar-refractivity contribution in [3.63, 3.8) is 0 Å². The predicted octanol–water partition coefficient (Wildman–Crippen LogP) is 0.402. The van der Waals surface area contributed by atoms with E-state index in [2.05, 4.69) is 15.2 Å². The second-order valence-electron chi connectivity index (χ2n) is 5.36. The fourth-order valence-corrected chi connectivity index (χ4v) is 3.16. The van der Waals surface area contributed by atoms with Gasteiger partial charge in [0.05, 0.1) is 0 Å². The summed E-state index contributed by atoms with van der Waals surface area (Å²) in [6.07, 6.45) is 3.40. The number of nitrogen functional groups attached to an aromatic ring is 1. The third-order valence-electron chi connectivity index (χ3n) is 3.59. The molecule has 2 heterocycles. The van der Waals surface area contributed by atoms with E-state index in [1.807, 2.05) is 0 Å². The number of carbonyl (C=O) groups excluding carboxylic acids is 1. The molecule has 1 saturated heterocycles. The third-order valence-corrected chi connectivity index (χ3v) is 4.72. The van der Waals surface area contributed by atoms with E-state index in [1.165, 1.54) is 24.2 Å². The lowest BCUT2D eigenvalue weighted by molar-refractivity contribution is 0.0956. The van der Waals surface area contributed by atoms with E-state index >= 15 is 0 Å². The summed E-state index contributed by atoms with van der Waals surface area (Å²) < 4.78 is 0. The second-order valence-corrected chi connectivity index (χ2v) is 6.34. The van der Waals surface area contributed by atoms with Gasteiger partial charge in [0.1, 0.15) is 10.7 Å². The van der Waals surface area contributed by atoms with E-state index in [0.29, 0.717) is 16.6 Å². The number of amides is 1. The van der Waals surface area contributed by atoms with Crippen LogP contribution >= 0.6 is 11.3 Å². The van der Waals surface area contributed by atoms with Crippen LogP contribution in [0.15, 0.2) is 0 Å². The van der Waals surface area contributed by atoms with Crippen LogP contribution in [0.25, 0.3) is 0 Å². The Morgan fingerprint density at radius 1 is 1.47 bits per heavy atom. The van der Waals surface area contributed by atoms with E-state index < -0.39 is 0 Å². The summed E-state index contributed by atoms with van der Waals surface area (Å²) in [7, 11) is 0. The molecule has 1 aliphatic carbocycles. The fraction of sp³-hybridized carbons (Fsp3) is 0.667. The third kappa shape index (κ3) is 2.82. The van der Waals surface area contributed by atoms with Crippen molar-refractivity contribution in [2.75, 3.05) is 30.3 Å². The quantitative estimate of drug-likeness (QED) is 0.742. The summed E-state index contributed by atoms with van der Waals surface area (Å²) in [5.41, 5.74) is 11.7. The molecular weight excluding hydrogens is 262 g/mol. The molecule has 6 nitrogen and oxygen atoms in total. The minimum Gasteiger partial charge on any atom is -0.382 e. The zero-order valence-electron chi connectivity index (χ0n) is 10.8. The normalized spacial score (nSPS) is 22.8. The molecule has 0 bridgehead atoms. The molecule has 3 rings (SSSR count). The average Bonchev–Trinajstić information content (AvgIpc) is 2.99. The maximum Gasteiger partial charge on any atom is 0.265 e. The van der Waals surface area contributed by atoms with Crippen molar-refractivity contribution in [1.29, 1.82) is 0 Å². The SMILES string of the molecule is Nc1nc(N2CCC(N)C2)sc1C(=O)NCC1CC1. The molecule has 104 valence electrons. The largest absolute Gasteiger partial charge is 0.382 e. The van der Waals surface area contributed by atoms with Crippen molar-refractivity contribution in [3.8, 4) is 0 Å². The van der Waals surface area contributed by atoms with Gasteiger partial charge in [0.25, 0.3) is 5.91 Å². The Bertz CT molecular complexity index is 484. The number of aromatic nitrogens is 1. The van der Waals surface area contributed by atoms with Gasteiger partial charge in [-0.1, -0.05) is 11.3 Å². The first-order chi connectivity index (χ1) is 9.13. The van der Waals surface area contributed by atoms with E-state index in [9.17, 15) is 4.79 Å². The molecule has 2 aliphatic rings. The van der Waals surface area contributed by atoms with Gasteiger partial charge in [0.2, 0.25) is 0 Å². The molecule has 5 N–H and O–H groups in total. The molecule has 1 aromatic heterocycles. The Morgan fingerprint density at radius 2 is 2.26 bits per heavy atom. The Labute approximate surface area is 116 Å². The molecule has 0 radical (unpaired) electrons. The Balaban J connectivity index is 1.67. The molecule has 1 saturated carbocycles. The second kappa shape index (κ2) is 4.97. The minimum absolute atomic E-state index is 0.100. The van der Waals surface area contributed by atoms with Crippen LogP contribution in [-0.2, 0) is 0 Å². The zero-order valence-corrected chi connectivity index (χ0v) is 11.6. The van der Waals surface area contributed by atoms with Gasteiger partial charge in [-0.3, -0.25) is 4.79 Å². The van der Waals surface area contributed by atoms with E-state index in [-0.39, 0.29) is 11.9 Å². The van der Waals surface area contributed by atoms with Crippen LogP contribution in [0.4, 0.5) is 10.9 Å². The van der Waals surface area contributed by atoms with Gasteiger partial charge in [0.15, 0.2) is 5.13 Å². The lowest BCUT2D eigenvalue weighted by Crippen LogP contribution is -2.26. The number of thiazole rings is 1. The summed E-state index contributed by atoms with van der Waals surface area (Å²) in [5.74, 6) is 0.888. The zero-order chi connectivity index (χ0) is 13.4. The smallest absolute Gasteiger partial charge is 0.265 e. The topological polar surface area (TPSA) is 97.3 Å². The molecule has 1 aromatic rings. The summed E-state index contributed by atoms with van der Waals surface area (Å²) in [4.78, 5) is 18.9. The maximum atomic E-state index is 12.0. The number of anilines is 2. The van der Waals surface area contributed by atoms with Crippen LogP contribution in [0.5, 0.6) is 0 Å². The number of nitrogens with zero attached hydrogens (tertiary/aromatic N) is 2. The number of carbonyl (C=O) groups is 1. The van der Waals surface area contributed by atoms with E-state index in [1.54, 1.807) is 0 Å². The highest BCUT2D eigenvalue weighted by Crippen LogP contribution is 2.31. The highest BCUT2D eigenvalue weighted by atomic mass is 32.1. The molecule has 0 aromatic carbocycles. The molecule has 1 aliphatic heterocycles. The van der Waals surface area contributed by atoms with Crippen molar-refractivity contribution in [1.82, 2.24) is 10.3 Å². The van der Waals surface area contributed by atoms with Crippen LogP contribution < -0.4 is 21.7 Å². The van der Waals surface area contributed by atoms with Crippen LogP contribution in [0.2, 0.25) is 0 Å². The van der Waals surface area contributed by atoms with Crippen LogP contribution in [0.1, 0.15) is 28.9 Å².